The maximum Gasteiger partial charge on any atom is 0.144 e. The average Bonchev–Trinajstić information content (AvgIpc) is 2.58. The van der Waals surface area contributed by atoms with E-state index >= 15 is 0 Å². The molecule has 1 aromatic carbocycles. The smallest absolute Gasteiger partial charge is 0.144 e. The number of aromatic nitrogens is 1. The van der Waals surface area contributed by atoms with Gasteiger partial charge in [-0.2, -0.15) is 0 Å². The van der Waals surface area contributed by atoms with Crippen molar-refractivity contribution in [3.63, 3.8) is 0 Å². The topological polar surface area (TPSA) is 66.7 Å². The molecule has 0 saturated carbocycles. The molecule has 0 bridgehead atoms. The zero-order valence-electron chi connectivity index (χ0n) is 14.7. The first-order chi connectivity index (χ1) is 11.8. The van der Waals surface area contributed by atoms with Crippen molar-refractivity contribution in [3.8, 4) is 0 Å². The Hall–Kier alpha value is -1.76. The molecule has 1 atom stereocenters. The monoisotopic (exact) mass is 405 g/mol. The summed E-state index contributed by atoms with van der Waals surface area (Å²) in [4.78, 5) is 9.47. The molecule has 1 heterocycles. The summed E-state index contributed by atoms with van der Waals surface area (Å²) in [5.74, 6) is 0. The van der Waals surface area contributed by atoms with Crippen molar-refractivity contribution >= 4 is 21.6 Å². The minimum absolute atomic E-state index is 0.0517. The van der Waals surface area contributed by atoms with E-state index < -0.39 is 6.10 Å². The Balaban J connectivity index is 2.08. The molecular weight excluding hydrogens is 382 g/mol. The number of oxime groups is 1. The van der Waals surface area contributed by atoms with Crippen molar-refractivity contribution in [1.29, 1.82) is 0 Å². The number of halogens is 1. The van der Waals surface area contributed by atoms with Crippen molar-refractivity contribution in [2.24, 2.45) is 5.16 Å². The summed E-state index contributed by atoms with van der Waals surface area (Å²) < 4.78 is 0.995. The predicted molar refractivity (Wildman–Crippen MR) is 104 cm³/mol. The highest BCUT2D eigenvalue weighted by molar-refractivity contribution is 9.10. The van der Waals surface area contributed by atoms with Crippen molar-refractivity contribution in [3.05, 3.63) is 64.4 Å². The Kier molecular flexibility index (Phi) is 7.11. The van der Waals surface area contributed by atoms with E-state index in [0.29, 0.717) is 12.3 Å². The minimum atomic E-state index is -0.633. The third-order valence-corrected chi connectivity index (χ3v) is 3.89. The highest BCUT2D eigenvalue weighted by atomic mass is 79.9. The molecule has 0 saturated heterocycles. The number of pyridine rings is 1. The molecule has 0 aliphatic rings. The molecular formula is C19H24BrN3O2. The van der Waals surface area contributed by atoms with Crippen molar-refractivity contribution in [2.75, 3.05) is 13.2 Å². The molecule has 5 nitrogen and oxygen atoms in total. The number of benzene rings is 1. The van der Waals surface area contributed by atoms with Crippen molar-refractivity contribution in [2.45, 2.75) is 32.4 Å². The summed E-state index contributed by atoms with van der Waals surface area (Å²) in [7, 11) is 0. The van der Waals surface area contributed by atoms with Gasteiger partial charge in [0.15, 0.2) is 0 Å². The Morgan fingerprint density at radius 2 is 1.76 bits per heavy atom. The van der Waals surface area contributed by atoms with Crippen LogP contribution in [0.3, 0.4) is 0 Å². The lowest BCUT2D eigenvalue weighted by molar-refractivity contribution is 0.0374. The van der Waals surface area contributed by atoms with Gasteiger partial charge in [0.1, 0.15) is 18.4 Å². The summed E-state index contributed by atoms with van der Waals surface area (Å²) in [6, 6.07) is 11.6. The molecule has 1 unspecified atom stereocenters. The maximum absolute atomic E-state index is 10.0. The van der Waals surface area contributed by atoms with Crippen LogP contribution in [-0.2, 0) is 4.84 Å². The Morgan fingerprint density at radius 3 is 2.36 bits per heavy atom. The van der Waals surface area contributed by atoms with Crippen LogP contribution in [0.15, 0.2) is 58.4 Å². The van der Waals surface area contributed by atoms with Gasteiger partial charge in [-0.25, -0.2) is 0 Å². The summed E-state index contributed by atoms with van der Waals surface area (Å²) in [5.41, 5.74) is 2.48. The Bertz CT molecular complexity index is 682. The lowest BCUT2D eigenvalue weighted by atomic mass is 10.0. The van der Waals surface area contributed by atoms with E-state index in [4.69, 9.17) is 4.84 Å². The molecule has 2 aromatic rings. The first-order valence-corrected chi connectivity index (χ1v) is 8.94. The number of nitrogens with zero attached hydrogens (tertiary/aromatic N) is 2. The number of aliphatic hydroxyl groups is 1. The molecule has 0 fully saturated rings. The molecule has 6 heteroatoms. The number of nitrogens with one attached hydrogen (secondary N) is 1. The molecule has 134 valence electrons. The van der Waals surface area contributed by atoms with E-state index in [1.54, 1.807) is 12.4 Å². The van der Waals surface area contributed by atoms with Gasteiger partial charge in [-0.1, -0.05) is 33.2 Å². The molecule has 0 aliphatic heterocycles. The molecule has 0 aliphatic carbocycles. The van der Waals surface area contributed by atoms with Crippen LogP contribution in [0.4, 0.5) is 0 Å². The normalized spacial score (nSPS) is 13.6. The number of β-amino-alcohol motifs (C(OH)–C–C–N with tert-alkyl or cyclic N) is 1. The Morgan fingerprint density at radius 1 is 1.16 bits per heavy atom. The van der Waals surface area contributed by atoms with E-state index in [2.05, 4.69) is 31.4 Å². The molecule has 0 radical (unpaired) electrons. The van der Waals surface area contributed by atoms with Crippen molar-refractivity contribution < 1.29 is 9.94 Å². The highest BCUT2D eigenvalue weighted by Gasteiger charge is 2.13. The molecule has 0 amide bonds. The van der Waals surface area contributed by atoms with Crippen LogP contribution in [-0.4, -0.2) is 40.6 Å². The first-order valence-electron chi connectivity index (χ1n) is 8.14. The number of aliphatic hydroxyl groups excluding tert-OH is 1. The Labute approximate surface area is 157 Å². The zero-order chi connectivity index (χ0) is 18.3. The summed E-state index contributed by atoms with van der Waals surface area (Å²) >= 11 is 3.43. The number of rotatable bonds is 7. The molecule has 2 rings (SSSR count). The minimum Gasteiger partial charge on any atom is -0.392 e. The van der Waals surface area contributed by atoms with Gasteiger partial charge in [0.25, 0.3) is 0 Å². The van der Waals surface area contributed by atoms with Crippen LogP contribution >= 0.6 is 15.9 Å². The second-order valence-electron chi connectivity index (χ2n) is 6.76. The van der Waals surface area contributed by atoms with Crippen LogP contribution < -0.4 is 5.32 Å². The summed E-state index contributed by atoms with van der Waals surface area (Å²) in [6.45, 7) is 6.71. The second-order valence-corrected chi connectivity index (χ2v) is 7.68. The number of hydrogen-bond acceptors (Lipinski definition) is 5. The predicted octanol–water partition coefficient (Wildman–Crippen LogP) is 3.36. The third kappa shape index (κ3) is 6.94. The van der Waals surface area contributed by atoms with Crippen LogP contribution in [0.25, 0.3) is 0 Å². The zero-order valence-corrected chi connectivity index (χ0v) is 16.3. The van der Waals surface area contributed by atoms with Gasteiger partial charge in [-0.15, -0.1) is 0 Å². The fourth-order valence-corrected chi connectivity index (χ4v) is 2.32. The summed E-state index contributed by atoms with van der Waals surface area (Å²) in [6.07, 6.45) is 2.80. The largest absolute Gasteiger partial charge is 0.392 e. The second kappa shape index (κ2) is 9.08. The van der Waals surface area contributed by atoms with Gasteiger partial charge in [-0.05, 0) is 45.0 Å². The standard InChI is InChI=1S/C19H24BrN3O2/c1-19(2,3)22-12-17(24)13-25-23-18(15-8-10-21-11-9-15)14-4-6-16(20)7-5-14/h4-11,17,22,24H,12-13H2,1-3H3. The lowest BCUT2D eigenvalue weighted by Crippen LogP contribution is -2.42. The fourth-order valence-electron chi connectivity index (χ4n) is 2.06. The molecule has 2 N–H and O–H groups in total. The first kappa shape index (κ1) is 19.6. The van der Waals surface area contributed by atoms with Gasteiger partial charge >= 0.3 is 0 Å². The van der Waals surface area contributed by atoms with Crippen LogP contribution in [0, 0.1) is 0 Å². The van der Waals surface area contributed by atoms with E-state index in [1.165, 1.54) is 0 Å². The van der Waals surface area contributed by atoms with Gasteiger partial charge < -0.3 is 15.3 Å². The SMILES string of the molecule is CC(C)(C)NCC(O)CON=C(c1ccncc1)c1ccc(Br)cc1. The van der Waals surface area contributed by atoms with Crippen molar-refractivity contribution in [1.82, 2.24) is 10.3 Å². The van der Waals surface area contributed by atoms with E-state index in [9.17, 15) is 5.11 Å². The summed E-state index contributed by atoms with van der Waals surface area (Å²) in [5, 5.41) is 17.5. The van der Waals surface area contributed by atoms with Gasteiger partial charge in [0.05, 0.1) is 0 Å². The maximum atomic E-state index is 10.0. The van der Waals surface area contributed by atoms with Gasteiger partial charge in [-0.3, -0.25) is 4.98 Å². The highest BCUT2D eigenvalue weighted by Crippen LogP contribution is 2.15. The van der Waals surface area contributed by atoms with E-state index in [1.807, 2.05) is 57.2 Å². The van der Waals surface area contributed by atoms with E-state index in [-0.39, 0.29) is 12.1 Å². The molecule has 25 heavy (non-hydrogen) atoms. The molecule has 0 spiro atoms. The third-order valence-electron chi connectivity index (χ3n) is 3.36. The quantitative estimate of drug-likeness (QED) is 0.547. The average molecular weight is 406 g/mol. The van der Waals surface area contributed by atoms with Crippen LogP contribution in [0.2, 0.25) is 0 Å². The van der Waals surface area contributed by atoms with E-state index in [0.717, 1.165) is 15.6 Å². The number of hydrogen-bond donors (Lipinski definition) is 2. The lowest BCUT2D eigenvalue weighted by Gasteiger charge is -2.22. The van der Waals surface area contributed by atoms with Crippen LogP contribution in [0.5, 0.6) is 0 Å². The van der Waals surface area contributed by atoms with Gasteiger partial charge in [0, 0.05) is 40.1 Å². The van der Waals surface area contributed by atoms with Gasteiger partial charge in [0.2, 0.25) is 0 Å². The van der Waals surface area contributed by atoms with Crippen LogP contribution in [0.1, 0.15) is 31.9 Å². The fraction of sp³-hybridized carbons (Fsp3) is 0.368. The molecule has 1 aromatic heterocycles.